The number of para-hydroxylation sites is 2. The lowest BCUT2D eigenvalue weighted by molar-refractivity contribution is -0.116. The third-order valence-corrected chi connectivity index (χ3v) is 4.84. The molecule has 0 fully saturated rings. The van der Waals surface area contributed by atoms with E-state index in [1.807, 2.05) is 31.2 Å². The first-order chi connectivity index (χ1) is 14.1. The Morgan fingerprint density at radius 1 is 1.03 bits per heavy atom. The van der Waals surface area contributed by atoms with E-state index >= 15 is 0 Å². The summed E-state index contributed by atoms with van der Waals surface area (Å²) in [7, 11) is 1.57. The van der Waals surface area contributed by atoms with Gasteiger partial charge in [0.05, 0.1) is 10.9 Å². The van der Waals surface area contributed by atoms with Crippen LogP contribution in [-0.4, -0.2) is 28.8 Å². The van der Waals surface area contributed by atoms with Crippen LogP contribution in [0.1, 0.15) is 18.9 Å². The molecule has 29 heavy (non-hydrogen) atoms. The van der Waals surface area contributed by atoms with Crippen molar-refractivity contribution in [3.05, 3.63) is 74.9 Å². The van der Waals surface area contributed by atoms with Crippen molar-refractivity contribution in [3.63, 3.8) is 0 Å². The van der Waals surface area contributed by atoms with Crippen LogP contribution in [-0.2, 0) is 29.0 Å². The summed E-state index contributed by atoms with van der Waals surface area (Å²) in [6.07, 6.45) is 1.31. The first-order valence-corrected chi connectivity index (χ1v) is 9.66. The van der Waals surface area contributed by atoms with Crippen LogP contribution in [0.25, 0.3) is 10.9 Å². The average molecular weight is 395 g/mol. The molecule has 0 atom stereocenters. The number of benzene rings is 2. The molecular weight excluding hydrogens is 370 g/mol. The largest absolute Gasteiger partial charge is 0.385 e. The number of methoxy groups -OCH3 is 1. The zero-order chi connectivity index (χ0) is 20.8. The first-order valence-electron chi connectivity index (χ1n) is 9.66. The maximum absolute atomic E-state index is 13.0. The van der Waals surface area contributed by atoms with E-state index in [2.05, 4.69) is 5.32 Å². The van der Waals surface area contributed by atoms with Crippen molar-refractivity contribution in [2.24, 2.45) is 0 Å². The molecular formula is C22H25N3O4. The summed E-state index contributed by atoms with van der Waals surface area (Å²) in [6.45, 7) is 2.50. The molecule has 2 aromatic carbocycles. The average Bonchev–Trinajstić information content (AvgIpc) is 2.74. The lowest BCUT2D eigenvalue weighted by atomic mass is 10.1. The highest BCUT2D eigenvalue weighted by atomic mass is 16.5. The number of ether oxygens (including phenoxy) is 1. The Kier molecular flexibility index (Phi) is 6.61. The van der Waals surface area contributed by atoms with Crippen LogP contribution >= 0.6 is 0 Å². The topological polar surface area (TPSA) is 82.3 Å². The Morgan fingerprint density at radius 2 is 1.76 bits per heavy atom. The molecule has 7 nitrogen and oxygen atoms in total. The van der Waals surface area contributed by atoms with E-state index in [0.29, 0.717) is 23.9 Å². The van der Waals surface area contributed by atoms with Crippen molar-refractivity contribution in [2.45, 2.75) is 32.9 Å². The second-order valence-electron chi connectivity index (χ2n) is 6.75. The third kappa shape index (κ3) is 4.46. The van der Waals surface area contributed by atoms with Crippen molar-refractivity contribution in [1.29, 1.82) is 0 Å². The summed E-state index contributed by atoms with van der Waals surface area (Å²) in [5.41, 5.74) is 1.34. The molecule has 3 rings (SSSR count). The van der Waals surface area contributed by atoms with E-state index < -0.39 is 5.69 Å². The van der Waals surface area contributed by atoms with E-state index in [1.165, 1.54) is 9.13 Å². The van der Waals surface area contributed by atoms with Crippen LogP contribution in [0.4, 0.5) is 5.69 Å². The lowest BCUT2D eigenvalue weighted by Crippen LogP contribution is -2.42. The van der Waals surface area contributed by atoms with Gasteiger partial charge in [0.25, 0.3) is 5.56 Å². The highest BCUT2D eigenvalue weighted by Gasteiger charge is 2.15. The number of nitrogens with zero attached hydrogens (tertiary/aromatic N) is 2. The highest BCUT2D eigenvalue weighted by molar-refractivity contribution is 5.92. The smallest absolute Gasteiger partial charge is 0.331 e. The molecule has 0 saturated carbocycles. The molecule has 0 spiro atoms. The molecule has 0 saturated heterocycles. The zero-order valence-electron chi connectivity index (χ0n) is 16.7. The van der Waals surface area contributed by atoms with Gasteiger partial charge in [-0.15, -0.1) is 0 Å². The maximum Gasteiger partial charge on any atom is 0.331 e. The first kappa shape index (κ1) is 20.5. The Hall–Kier alpha value is -3.19. The Labute approximate surface area is 168 Å². The second kappa shape index (κ2) is 9.34. The number of hydrogen-bond donors (Lipinski definition) is 1. The number of rotatable bonds is 8. The van der Waals surface area contributed by atoms with Gasteiger partial charge in [-0.1, -0.05) is 37.3 Å². The predicted molar refractivity (Wildman–Crippen MR) is 113 cm³/mol. The van der Waals surface area contributed by atoms with Crippen molar-refractivity contribution >= 4 is 22.5 Å². The Morgan fingerprint density at radius 3 is 2.52 bits per heavy atom. The van der Waals surface area contributed by atoms with E-state index in [9.17, 15) is 14.4 Å². The van der Waals surface area contributed by atoms with Gasteiger partial charge in [-0.05, 0) is 36.6 Å². The molecule has 1 amide bonds. The van der Waals surface area contributed by atoms with E-state index in [1.54, 1.807) is 31.4 Å². The molecule has 152 valence electrons. The van der Waals surface area contributed by atoms with Gasteiger partial charge in [-0.3, -0.25) is 18.7 Å². The van der Waals surface area contributed by atoms with Crippen molar-refractivity contribution < 1.29 is 9.53 Å². The second-order valence-corrected chi connectivity index (χ2v) is 6.75. The van der Waals surface area contributed by atoms with Crippen LogP contribution in [0.15, 0.2) is 58.1 Å². The lowest BCUT2D eigenvalue weighted by Gasteiger charge is -2.15. The maximum atomic E-state index is 13.0. The fourth-order valence-corrected chi connectivity index (χ4v) is 3.37. The Balaban J connectivity index is 1.98. The normalized spacial score (nSPS) is 11.0. The summed E-state index contributed by atoms with van der Waals surface area (Å²) in [5, 5.41) is 3.29. The number of amides is 1. The molecule has 0 aliphatic rings. The van der Waals surface area contributed by atoms with E-state index in [-0.39, 0.29) is 24.6 Å². The van der Waals surface area contributed by atoms with Gasteiger partial charge >= 0.3 is 5.69 Å². The van der Waals surface area contributed by atoms with Gasteiger partial charge in [0.1, 0.15) is 6.54 Å². The standard InChI is InChI=1S/C22H25N3O4/c1-3-16-9-4-6-11-18(16)23-20(26)15-25-19-12-7-5-10-17(19)21(27)24(22(25)28)13-8-14-29-2/h4-7,9-12H,3,8,13-15H2,1-2H3,(H,23,26). The summed E-state index contributed by atoms with van der Waals surface area (Å²) < 4.78 is 7.56. The minimum absolute atomic E-state index is 0.179. The summed E-state index contributed by atoms with van der Waals surface area (Å²) in [4.78, 5) is 38.5. The summed E-state index contributed by atoms with van der Waals surface area (Å²) in [5.74, 6) is -0.319. The molecule has 0 unspecified atom stereocenters. The number of hydrogen-bond acceptors (Lipinski definition) is 4. The molecule has 0 radical (unpaired) electrons. The van der Waals surface area contributed by atoms with Crippen molar-refractivity contribution in [1.82, 2.24) is 9.13 Å². The van der Waals surface area contributed by atoms with Crippen molar-refractivity contribution in [3.8, 4) is 0 Å². The highest BCUT2D eigenvalue weighted by Crippen LogP contribution is 2.15. The number of nitrogens with one attached hydrogen (secondary N) is 1. The molecule has 0 aliphatic heterocycles. The van der Waals surface area contributed by atoms with Crippen LogP contribution < -0.4 is 16.6 Å². The third-order valence-electron chi connectivity index (χ3n) is 4.84. The van der Waals surface area contributed by atoms with E-state index in [0.717, 1.165) is 17.7 Å². The van der Waals surface area contributed by atoms with Gasteiger partial charge in [0, 0.05) is 25.9 Å². The number of fused-ring (bicyclic) bond motifs is 1. The molecule has 1 heterocycles. The predicted octanol–water partition coefficient (Wildman–Crippen LogP) is 2.40. The zero-order valence-corrected chi connectivity index (χ0v) is 16.7. The number of carbonyl (C=O) groups excluding carboxylic acids is 1. The van der Waals surface area contributed by atoms with Crippen LogP contribution in [0.5, 0.6) is 0 Å². The molecule has 1 N–H and O–H groups in total. The minimum atomic E-state index is -0.497. The van der Waals surface area contributed by atoms with Gasteiger partial charge < -0.3 is 10.1 Å². The number of aryl methyl sites for hydroxylation is 1. The number of aromatic nitrogens is 2. The van der Waals surface area contributed by atoms with Crippen LogP contribution in [0, 0.1) is 0 Å². The van der Waals surface area contributed by atoms with Crippen LogP contribution in [0.3, 0.4) is 0 Å². The molecule has 3 aromatic rings. The summed E-state index contributed by atoms with van der Waals surface area (Å²) in [6, 6.07) is 14.4. The van der Waals surface area contributed by atoms with Gasteiger partial charge in [-0.2, -0.15) is 0 Å². The fraction of sp³-hybridized carbons (Fsp3) is 0.318. The monoisotopic (exact) mass is 395 g/mol. The number of anilines is 1. The molecule has 0 bridgehead atoms. The summed E-state index contributed by atoms with van der Waals surface area (Å²) >= 11 is 0. The van der Waals surface area contributed by atoms with Gasteiger partial charge in [0.15, 0.2) is 0 Å². The minimum Gasteiger partial charge on any atom is -0.385 e. The molecule has 0 aliphatic carbocycles. The Bertz CT molecular complexity index is 1130. The van der Waals surface area contributed by atoms with Crippen LogP contribution in [0.2, 0.25) is 0 Å². The fourth-order valence-electron chi connectivity index (χ4n) is 3.37. The quantitative estimate of drug-likeness (QED) is 0.594. The number of carbonyl (C=O) groups is 1. The van der Waals surface area contributed by atoms with Gasteiger partial charge in [-0.25, -0.2) is 4.79 Å². The molecule has 1 aromatic heterocycles. The van der Waals surface area contributed by atoms with Gasteiger partial charge in [0.2, 0.25) is 5.91 Å². The van der Waals surface area contributed by atoms with Crippen molar-refractivity contribution in [2.75, 3.05) is 19.0 Å². The molecule has 7 heteroatoms. The SMILES string of the molecule is CCc1ccccc1NC(=O)Cn1c(=O)n(CCCOC)c(=O)c2ccccc21. The van der Waals surface area contributed by atoms with E-state index in [4.69, 9.17) is 4.74 Å².